The average Bonchev–Trinajstić information content (AvgIpc) is 3.45. The largest absolute Gasteiger partial charge is 0.348 e. The molecule has 10 heteroatoms. The van der Waals surface area contributed by atoms with Gasteiger partial charge in [-0.2, -0.15) is 0 Å². The fourth-order valence-electron chi connectivity index (χ4n) is 4.82. The molecule has 0 saturated carbocycles. The molecule has 3 aliphatic heterocycles. The maximum atomic E-state index is 13.0. The summed E-state index contributed by atoms with van der Waals surface area (Å²) in [7, 11) is 1.77. The van der Waals surface area contributed by atoms with E-state index in [-0.39, 0.29) is 24.3 Å². The minimum absolute atomic E-state index is 0.0142. The molecule has 1 aromatic heterocycles. The second kappa shape index (κ2) is 9.89. The summed E-state index contributed by atoms with van der Waals surface area (Å²) in [5, 5.41) is 3.94. The van der Waals surface area contributed by atoms with Gasteiger partial charge in [0.25, 0.3) is 5.91 Å². The minimum Gasteiger partial charge on any atom is -0.348 e. The summed E-state index contributed by atoms with van der Waals surface area (Å²) < 4.78 is 10.9. The molecule has 9 nitrogen and oxygen atoms in total. The zero-order valence-electron chi connectivity index (χ0n) is 19.7. The molecule has 4 heterocycles. The SMILES string of the molecule is Cc1nc(N2CCC(N3CCc4ccccc4NC3=O)CC2)sc1C(=O)N(C)CC1OCCO1. The summed E-state index contributed by atoms with van der Waals surface area (Å²) >= 11 is 1.44. The Labute approximate surface area is 203 Å². The number of hydrogen-bond donors (Lipinski definition) is 1. The second-order valence-corrected chi connectivity index (χ2v) is 9.99. The Hall–Kier alpha value is -2.69. The molecule has 0 radical (unpaired) electrons. The van der Waals surface area contributed by atoms with E-state index in [1.807, 2.05) is 30.0 Å². The molecule has 0 aliphatic carbocycles. The van der Waals surface area contributed by atoms with Crippen LogP contribution in [0.3, 0.4) is 0 Å². The number of fused-ring (bicyclic) bond motifs is 1. The number of nitrogens with one attached hydrogen (secondary N) is 1. The molecule has 0 atom stereocenters. The summed E-state index contributed by atoms with van der Waals surface area (Å²) in [6.07, 6.45) is 2.25. The molecule has 0 unspecified atom stereocenters. The van der Waals surface area contributed by atoms with Crippen molar-refractivity contribution < 1.29 is 19.1 Å². The lowest BCUT2D eigenvalue weighted by Crippen LogP contribution is -2.48. The van der Waals surface area contributed by atoms with Gasteiger partial charge in [0.05, 0.1) is 25.5 Å². The van der Waals surface area contributed by atoms with Gasteiger partial charge in [0.1, 0.15) is 4.88 Å². The van der Waals surface area contributed by atoms with Gasteiger partial charge in [-0.25, -0.2) is 9.78 Å². The number of amides is 3. The molecule has 3 aliphatic rings. The maximum Gasteiger partial charge on any atom is 0.322 e. The third kappa shape index (κ3) is 4.75. The first kappa shape index (κ1) is 23.1. The van der Waals surface area contributed by atoms with Crippen LogP contribution in [0.2, 0.25) is 0 Å². The molecule has 1 aromatic carbocycles. The van der Waals surface area contributed by atoms with Crippen LogP contribution in [0.1, 0.15) is 33.8 Å². The Morgan fingerprint density at radius 2 is 1.94 bits per heavy atom. The standard InChI is InChI=1S/C24H31N5O4S/c1-16-21(22(30)27(2)15-20-32-13-14-33-20)34-24(25-16)28-10-8-18(9-11-28)29-12-7-17-5-3-4-6-19(17)26-23(29)31/h3-6,18,20H,7-15H2,1-2H3,(H,26,31). The summed E-state index contributed by atoms with van der Waals surface area (Å²) in [6.45, 7) is 5.76. The number of para-hydroxylation sites is 1. The summed E-state index contributed by atoms with van der Waals surface area (Å²) in [5.41, 5.74) is 2.85. The molecule has 182 valence electrons. The van der Waals surface area contributed by atoms with E-state index < -0.39 is 0 Å². The number of piperidine rings is 1. The Morgan fingerprint density at radius 3 is 2.71 bits per heavy atom. The Bertz CT molecular complexity index is 1050. The zero-order valence-corrected chi connectivity index (χ0v) is 20.5. The lowest BCUT2D eigenvalue weighted by Gasteiger charge is -2.37. The summed E-state index contributed by atoms with van der Waals surface area (Å²) in [4.78, 5) is 37.1. The molecule has 0 spiro atoms. The van der Waals surface area contributed by atoms with Crippen molar-refractivity contribution in [3.8, 4) is 0 Å². The highest BCUT2D eigenvalue weighted by molar-refractivity contribution is 7.17. The molecule has 34 heavy (non-hydrogen) atoms. The number of hydrogen-bond acceptors (Lipinski definition) is 7. The van der Waals surface area contributed by atoms with E-state index in [0.29, 0.717) is 24.6 Å². The molecule has 2 fully saturated rings. The first-order chi connectivity index (χ1) is 16.5. The number of aryl methyl sites for hydroxylation is 1. The van der Waals surface area contributed by atoms with E-state index >= 15 is 0 Å². The van der Waals surface area contributed by atoms with Crippen LogP contribution in [0.15, 0.2) is 24.3 Å². The van der Waals surface area contributed by atoms with Crippen molar-refractivity contribution in [2.45, 2.75) is 38.5 Å². The molecule has 5 rings (SSSR count). The van der Waals surface area contributed by atoms with Gasteiger partial charge in [0, 0.05) is 38.4 Å². The van der Waals surface area contributed by atoms with E-state index in [1.54, 1.807) is 11.9 Å². The van der Waals surface area contributed by atoms with E-state index in [4.69, 9.17) is 14.5 Å². The lowest BCUT2D eigenvalue weighted by molar-refractivity contribution is -0.0542. The molecule has 3 amide bonds. The third-order valence-electron chi connectivity index (χ3n) is 6.76. The summed E-state index contributed by atoms with van der Waals surface area (Å²) in [5.74, 6) is -0.0592. The van der Waals surface area contributed by atoms with Gasteiger partial charge < -0.3 is 29.5 Å². The van der Waals surface area contributed by atoms with Crippen LogP contribution in [0.5, 0.6) is 0 Å². The number of likely N-dealkylation sites (N-methyl/N-ethyl adjacent to an activating group) is 1. The Morgan fingerprint density at radius 1 is 1.21 bits per heavy atom. The number of thiazole rings is 1. The maximum absolute atomic E-state index is 13.0. The number of benzene rings is 1. The van der Waals surface area contributed by atoms with Crippen LogP contribution >= 0.6 is 11.3 Å². The number of anilines is 2. The first-order valence-electron chi connectivity index (χ1n) is 11.9. The highest BCUT2D eigenvalue weighted by Crippen LogP contribution is 2.31. The van der Waals surface area contributed by atoms with E-state index in [2.05, 4.69) is 16.3 Å². The molecule has 2 aromatic rings. The van der Waals surface area contributed by atoms with Crippen molar-refractivity contribution >= 4 is 34.1 Å². The van der Waals surface area contributed by atoms with Crippen LogP contribution in [0.4, 0.5) is 15.6 Å². The fraction of sp³-hybridized carbons (Fsp3) is 0.542. The monoisotopic (exact) mass is 485 g/mol. The van der Waals surface area contributed by atoms with Crippen LogP contribution in [-0.4, -0.2) is 85.5 Å². The fourth-order valence-corrected chi connectivity index (χ4v) is 5.93. The number of carbonyl (C=O) groups is 2. The Kier molecular flexibility index (Phi) is 6.71. The summed E-state index contributed by atoms with van der Waals surface area (Å²) in [6, 6.07) is 8.20. The number of aromatic nitrogens is 1. The van der Waals surface area contributed by atoms with Crippen LogP contribution in [0.25, 0.3) is 0 Å². The van der Waals surface area contributed by atoms with Crippen molar-refractivity contribution in [3.63, 3.8) is 0 Å². The molecule has 1 N–H and O–H groups in total. The smallest absolute Gasteiger partial charge is 0.322 e. The van der Waals surface area contributed by atoms with Gasteiger partial charge in [0.2, 0.25) is 0 Å². The van der Waals surface area contributed by atoms with Crippen LogP contribution in [-0.2, 0) is 15.9 Å². The predicted octanol–water partition coefficient (Wildman–Crippen LogP) is 2.96. The quantitative estimate of drug-likeness (QED) is 0.701. The van der Waals surface area contributed by atoms with E-state index in [9.17, 15) is 9.59 Å². The van der Waals surface area contributed by atoms with Gasteiger partial charge in [-0.05, 0) is 37.8 Å². The van der Waals surface area contributed by atoms with Crippen molar-refractivity contribution in [2.24, 2.45) is 0 Å². The van der Waals surface area contributed by atoms with Gasteiger partial charge in [-0.15, -0.1) is 0 Å². The van der Waals surface area contributed by atoms with E-state index in [0.717, 1.165) is 55.4 Å². The highest BCUT2D eigenvalue weighted by atomic mass is 32.1. The molecule has 0 bridgehead atoms. The first-order valence-corrected chi connectivity index (χ1v) is 12.7. The number of nitrogens with zero attached hydrogens (tertiary/aromatic N) is 4. The molecular weight excluding hydrogens is 454 g/mol. The third-order valence-corrected chi connectivity index (χ3v) is 7.96. The molecule has 2 saturated heterocycles. The average molecular weight is 486 g/mol. The number of urea groups is 1. The highest BCUT2D eigenvalue weighted by Gasteiger charge is 2.32. The van der Waals surface area contributed by atoms with Crippen LogP contribution in [0, 0.1) is 6.92 Å². The lowest BCUT2D eigenvalue weighted by atomic mass is 10.0. The predicted molar refractivity (Wildman–Crippen MR) is 131 cm³/mol. The number of rotatable bonds is 5. The normalized spacial score (nSPS) is 19.6. The van der Waals surface area contributed by atoms with Crippen molar-refractivity contribution in [1.82, 2.24) is 14.8 Å². The number of carbonyl (C=O) groups excluding carboxylic acids is 2. The van der Waals surface area contributed by atoms with Gasteiger partial charge in [-0.1, -0.05) is 29.5 Å². The van der Waals surface area contributed by atoms with Crippen LogP contribution < -0.4 is 10.2 Å². The topological polar surface area (TPSA) is 87.2 Å². The molecular formula is C24H31N5O4S. The van der Waals surface area contributed by atoms with Crippen molar-refractivity contribution in [1.29, 1.82) is 0 Å². The van der Waals surface area contributed by atoms with E-state index in [1.165, 1.54) is 16.9 Å². The van der Waals surface area contributed by atoms with Gasteiger partial charge in [-0.3, -0.25) is 4.79 Å². The second-order valence-electron chi connectivity index (χ2n) is 9.02. The van der Waals surface area contributed by atoms with Crippen molar-refractivity contribution in [2.75, 3.05) is 56.7 Å². The zero-order chi connectivity index (χ0) is 23.7. The van der Waals surface area contributed by atoms with Gasteiger partial charge in [0.15, 0.2) is 11.4 Å². The minimum atomic E-state index is -0.357. The Balaban J connectivity index is 1.19. The van der Waals surface area contributed by atoms with Gasteiger partial charge >= 0.3 is 6.03 Å². The van der Waals surface area contributed by atoms with Crippen molar-refractivity contribution in [3.05, 3.63) is 40.4 Å². The number of ether oxygens (including phenoxy) is 2.